The van der Waals surface area contributed by atoms with Crippen molar-refractivity contribution in [2.45, 2.75) is 0 Å². The van der Waals surface area contributed by atoms with Crippen LogP contribution in [-0.2, 0) is 4.74 Å². The van der Waals surface area contributed by atoms with Crippen LogP contribution in [0.15, 0.2) is 29.3 Å². The molecule has 6 nitrogen and oxygen atoms in total. The number of nitrogens with zero attached hydrogens (tertiary/aromatic N) is 2. The molecule has 1 heterocycles. The number of benzene rings is 1. The van der Waals surface area contributed by atoms with Crippen LogP contribution in [0.2, 0.25) is 0 Å². The standard InChI is InChI=1S/C14H19FN4O2.HI/c15-12-4-2-1-3-11(12)13(20)17-5-6-18-14(16)19-7-9-21-10-8-19;/h1-4H,5-10H2,(H2,16,18)(H,17,20);1H. The molecule has 0 unspecified atom stereocenters. The summed E-state index contributed by atoms with van der Waals surface area (Å²) in [4.78, 5) is 17.9. The second-order valence-electron chi connectivity index (χ2n) is 4.58. The number of amides is 1. The van der Waals surface area contributed by atoms with Crippen LogP contribution in [0, 0.1) is 5.82 Å². The molecule has 22 heavy (non-hydrogen) atoms. The molecular formula is C14H20FIN4O2. The Morgan fingerprint density at radius 3 is 2.73 bits per heavy atom. The predicted molar refractivity (Wildman–Crippen MR) is 93.0 cm³/mol. The van der Waals surface area contributed by atoms with Gasteiger partial charge in [0.1, 0.15) is 5.82 Å². The SMILES string of the molecule is I.NC(=NCCNC(=O)c1ccccc1F)N1CCOCC1. The van der Waals surface area contributed by atoms with E-state index < -0.39 is 11.7 Å². The molecule has 1 fully saturated rings. The van der Waals surface area contributed by atoms with Crippen molar-refractivity contribution in [1.29, 1.82) is 0 Å². The number of aliphatic imine (C=N–C) groups is 1. The van der Waals surface area contributed by atoms with E-state index in [1.54, 1.807) is 12.1 Å². The van der Waals surface area contributed by atoms with Crippen LogP contribution < -0.4 is 11.1 Å². The van der Waals surface area contributed by atoms with Crippen LogP contribution in [0.4, 0.5) is 4.39 Å². The van der Waals surface area contributed by atoms with Gasteiger partial charge in [0.25, 0.3) is 5.91 Å². The Balaban J connectivity index is 0.00000242. The Labute approximate surface area is 145 Å². The second-order valence-corrected chi connectivity index (χ2v) is 4.58. The summed E-state index contributed by atoms with van der Waals surface area (Å²) in [5.41, 5.74) is 5.88. The fourth-order valence-corrected chi connectivity index (χ4v) is 1.97. The molecule has 0 aromatic heterocycles. The Kier molecular flexibility index (Phi) is 8.10. The summed E-state index contributed by atoms with van der Waals surface area (Å²) in [5, 5.41) is 2.61. The number of halogens is 2. The summed E-state index contributed by atoms with van der Waals surface area (Å²) in [5.74, 6) is -0.544. The van der Waals surface area contributed by atoms with Crippen LogP contribution in [0.25, 0.3) is 0 Å². The summed E-state index contributed by atoms with van der Waals surface area (Å²) in [6, 6.07) is 5.85. The first-order valence-electron chi connectivity index (χ1n) is 6.84. The van der Waals surface area contributed by atoms with Crippen molar-refractivity contribution in [3.63, 3.8) is 0 Å². The highest BCUT2D eigenvalue weighted by atomic mass is 127. The van der Waals surface area contributed by atoms with Gasteiger partial charge < -0.3 is 20.7 Å². The van der Waals surface area contributed by atoms with Gasteiger partial charge in [-0.05, 0) is 12.1 Å². The summed E-state index contributed by atoms with van der Waals surface area (Å²) in [6.07, 6.45) is 0. The predicted octanol–water partition coefficient (Wildman–Crippen LogP) is 0.820. The highest BCUT2D eigenvalue weighted by Gasteiger charge is 2.12. The smallest absolute Gasteiger partial charge is 0.254 e. The molecule has 8 heteroatoms. The summed E-state index contributed by atoms with van der Waals surface area (Å²) >= 11 is 0. The molecule has 1 amide bonds. The maximum absolute atomic E-state index is 13.4. The van der Waals surface area contributed by atoms with Crippen LogP contribution >= 0.6 is 24.0 Å². The van der Waals surface area contributed by atoms with Gasteiger partial charge in [-0.25, -0.2) is 4.39 Å². The number of rotatable bonds is 4. The van der Waals surface area contributed by atoms with E-state index in [9.17, 15) is 9.18 Å². The molecule has 1 aromatic rings. The fraction of sp³-hybridized carbons (Fsp3) is 0.429. The van der Waals surface area contributed by atoms with E-state index in [0.717, 1.165) is 13.1 Å². The van der Waals surface area contributed by atoms with Crippen molar-refractivity contribution in [1.82, 2.24) is 10.2 Å². The van der Waals surface area contributed by atoms with Gasteiger partial charge in [-0.1, -0.05) is 12.1 Å². The number of morpholine rings is 1. The Hall–Kier alpha value is -1.42. The quantitative estimate of drug-likeness (QED) is 0.326. The maximum Gasteiger partial charge on any atom is 0.254 e. The lowest BCUT2D eigenvalue weighted by molar-refractivity contribution is 0.0674. The first-order chi connectivity index (χ1) is 10.2. The van der Waals surface area contributed by atoms with Gasteiger partial charge in [-0.15, -0.1) is 24.0 Å². The maximum atomic E-state index is 13.4. The molecule has 3 N–H and O–H groups in total. The molecular weight excluding hydrogens is 402 g/mol. The molecule has 1 saturated heterocycles. The number of ether oxygens (including phenoxy) is 1. The minimum Gasteiger partial charge on any atom is -0.378 e. The molecule has 1 aromatic carbocycles. The summed E-state index contributed by atoms with van der Waals surface area (Å²) in [6.45, 7) is 3.37. The van der Waals surface area contributed by atoms with Crippen molar-refractivity contribution in [2.24, 2.45) is 10.7 Å². The van der Waals surface area contributed by atoms with Crippen molar-refractivity contribution < 1.29 is 13.9 Å². The normalized spacial score (nSPS) is 15.1. The molecule has 2 rings (SSSR count). The van der Waals surface area contributed by atoms with Gasteiger partial charge in [0.05, 0.1) is 25.3 Å². The average molecular weight is 422 g/mol. The van der Waals surface area contributed by atoms with Crippen molar-refractivity contribution in [2.75, 3.05) is 39.4 Å². The van der Waals surface area contributed by atoms with E-state index in [1.165, 1.54) is 12.1 Å². The Morgan fingerprint density at radius 1 is 1.36 bits per heavy atom. The lowest BCUT2D eigenvalue weighted by Crippen LogP contribution is -2.45. The lowest BCUT2D eigenvalue weighted by Gasteiger charge is -2.27. The fourth-order valence-electron chi connectivity index (χ4n) is 1.97. The molecule has 0 spiro atoms. The molecule has 0 saturated carbocycles. The van der Waals surface area contributed by atoms with Crippen LogP contribution in [-0.4, -0.2) is 56.2 Å². The van der Waals surface area contributed by atoms with Gasteiger partial charge in [0.15, 0.2) is 5.96 Å². The minimum absolute atomic E-state index is 0. The number of nitrogens with two attached hydrogens (primary N) is 1. The first kappa shape index (κ1) is 18.6. The van der Waals surface area contributed by atoms with E-state index in [2.05, 4.69) is 10.3 Å². The second kappa shape index (κ2) is 9.57. The van der Waals surface area contributed by atoms with Crippen molar-refractivity contribution in [3.8, 4) is 0 Å². The van der Waals surface area contributed by atoms with Gasteiger partial charge >= 0.3 is 0 Å². The highest BCUT2D eigenvalue weighted by molar-refractivity contribution is 14.0. The largest absolute Gasteiger partial charge is 0.378 e. The number of carbonyl (C=O) groups is 1. The van der Waals surface area contributed by atoms with Gasteiger partial charge in [0.2, 0.25) is 0 Å². The summed E-state index contributed by atoms with van der Waals surface area (Å²) in [7, 11) is 0. The molecule has 0 atom stereocenters. The van der Waals surface area contributed by atoms with Crippen molar-refractivity contribution >= 4 is 35.8 Å². The molecule has 0 aliphatic carbocycles. The Bertz CT molecular complexity index is 521. The Morgan fingerprint density at radius 2 is 2.05 bits per heavy atom. The van der Waals surface area contributed by atoms with E-state index in [4.69, 9.17) is 10.5 Å². The lowest BCUT2D eigenvalue weighted by atomic mass is 10.2. The number of carbonyl (C=O) groups excluding carboxylic acids is 1. The van der Waals surface area contributed by atoms with E-state index >= 15 is 0 Å². The monoisotopic (exact) mass is 422 g/mol. The minimum atomic E-state index is -0.536. The third-order valence-electron chi connectivity index (χ3n) is 3.12. The average Bonchev–Trinajstić information content (AvgIpc) is 2.52. The molecule has 1 aliphatic heterocycles. The number of nitrogens with one attached hydrogen (secondary N) is 1. The van der Waals surface area contributed by atoms with Crippen molar-refractivity contribution in [3.05, 3.63) is 35.6 Å². The van der Waals surface area contributed by atoms with E-state index in [0.29, 0.717) is 32.3 Å². The zero-order valence-corrected chi connectivity index (χ0v) is 14.5. The van der Waals surface area contributed by atoms with E-state index in [1.807, 2.05) is 4.90 Å². The van der Waals surface area contributed by atoms with Gasteiger partial charge in [0, 0.05) is 19.6 Å². The molecule has 122 valence electrons. The number of hydrogen-bond donors (Lipinski definition) is 2. The third kappa shape index (κ3) is 5.41. The molecule has 0 bridgehead atoms. The summed E-state index contributed by atoms with van der Waals surface area (Å²) < 4.78 is 18.6. The topological polar surface area (TPSA) is 79.9 Å². The highest BCUT2D eigenvalue weighted by Crippen LogP contribution is 2.05. The molecule has 1 aliphatic rings. The van der Waals surface area contributed by atoms with Crippen LogP contribution in [0.1, 0.15) is 10.4 Å². The zero-order valence-electron chi connectivity index (χ0n) is 12.1. The van der Waals surface area contributed by atoms with Gasteiger partial charge in [-0.2, -0.15) is 0 Å². The van der Waals surface area contributed by atoms with Gasteiger partial charge in [-0.3, -0.25) is 9.79 Å². The zero-order chi connectivity index (χ0) is 15.1. The van der Waals surface area contributed by atoms with Crippen LogP contribution in [0.3, 0.4) is 0 Å². The van der Waals surface area contributed by atoms with E-state index in [-0.39, 0.29) is 29.5 Å². The van der Waals surface area contributed by atoms with Crippen LogP contribution in [0.5, 0.6) is 0 Å². The first-order valence-corrected chi connectivity index (χ1v) is 6.84. The molecule has 0 radical (unpaired) electrons. The number of hydrogen-bond acceptors (Lipinski definition) is 3. The third-order valence-corrected chi connectivity index (χ3v) is 3.12. The number of guanidine groups is 1.